The highest BCUT2D eigenvalue weighted by molar-refractivity contribution is 5.63. The van der Waals surface area contributed by atoms with Gasteiger partial charge < -0.3 is 4.98 Å². The van der Waals surface area contributed by atoms with Gasteiger partial charge in [0.2, 0.25) is 0 Å². The molecule has 124 valence electrons. The molecular weight excluding hydrogens is 296 g/mol. The molecule has 2 aromatic heterocycles. The molecule has 0 bridgehead atoms. The highest BCUT2D eigenvalue weighted by Crippen LogP contribution is 2.27. The average Bonchev–Trinajstić information content (AvgIpc) is 3.12. The topological polar surface area (TPSA) is 44.8 Å². The molecule has 1 aliphatic heterocycles. The first-order valence-corrected chi connectivity index (χ1v) is 8.92. The Morgan fingerprint density at radius 2 is 2.08 bits per heavy atom. The highest BCUT2D eigenvalue weighted by atomic mass is 15.1. The van der Waals surface area contributed by atoms with Crippen molar-refractivity contribution in [1.82, 2.24) is 19.9 Å². The number of pyridine rings is 1. The number of imidazole rings is 1. The third-order valence-corrected chi connectivity index (χ3v) is 5.03. The van der Waals surface area contributed by atoms with Crippen LogP contribution >= 0.6 is 0 Å². The number of nitrogens with zero attached hydrogens (tertiary/aromatic N) is 3. The van der Waals surface area contributed by atoms with Gasteiger partial charge in [-0.3, -0.25) is 9.88 Å². The lowest BCUT2D eigenvalue weighted by Gasteiger charge is -2.31. The lowest BCUT2D eigenvalue weighted by Crippen LogP contribution is -2.32. The van der Waals surface area contributed by atoms with Crippen LogP contribution in [0.1, 0.15) is 48.8 Å². The Morgan fingerprint density at radius 3 is 2.83 bits per heavy atom. The van der Waals surface area contributed by atoms with Gasteiger partial charge in [0.05, 0.1) is 0 Å². The number of nitrogens with one attached hydrogen (secondary N) is 1. The fourth-order valence-corrected chi connectivity index (χ4v) is 3.65. The zero-order valence-electron chi connectivity index (χ0n) is 14.0. The van der Waals surface area contributed by atoms with Crippen molar-refractivity contribution >= 4 is 5.57 Å². The van der Waals surface area contributed by atoms with Crippen LogP contribution in [0.4, 0.5) is 0 Å². The Labute approximate surface area is 143 Å². The first kappa shape index (κ1) is 15.3. The summed E-state index contributed by atoms with van der Waals surface area (Å²) in [6, 6.07) is 6.25. The number of hydrogen-bond acceptors (Lipinski definition) is 3. The summed E-state index contributed by atoms with van der Waals surface area (Å²) < 4.78 is 0. The minimum absolute atomic E-state index is 0.610. The summed E-state index contributed by atoms with van der Waals surface area (Å²) in [5.41, 5.74) is 3.78. The van der Waals surface area contributed by atoms with E-state index in [0.717, 1.165) is 38.3 Å². The molecule has 3 heterocycles. The van der Waals surface area contributed by atoms with E-state index in [1.807, 2.05) is 18.5 Å². The van der Waals surface area contributed by atoms with Gasteiger partial charge in [0, 0.05) is 36.2 Å². The number of piperidine rings is 1. The van der Waals surface area contributed by atoms with Gasteiger partial charge in [-0.1, -0.05) is 24.3 Å². The zero-order chi connectivity index (χ0) is 16.2. The molecule has 0 saturated carbocycles. The van der Waals surface area contributed by atoms with Crippen molar-refractivity contribution in [1.29, 1.82) is 0 Å². The molecule has 1 fully saturated rings. The first-order chi connectivity index (χ1) is 11.9. The number of H-pyrrole nitrogens is 1. The van der Waals surface area contributed by atoms with Crippen LogP contribution in [-0.4, -0.2) is 32.9 Å². The molecule has 4 nitrogen and oxygen atoms in total. The lowest BCUT2D eigenvalue weighted by atomic mass is 9.93. The third-order valence-electron chi connectivity index (χ3n) is 5.03. The molecular formula is C20H24N4. The minimum Gasteiger partial charge on any atom is -0.341 e. The summed E-state index contributed by atoms with van der Waals surface area (Å²) in [4.78, 5) is 15.1. The van der Waals surface area contributed by atoms with E-state index in [1.165, 1.54) is 29.8 Å². The number of aromatic amines is 1. The molecule has 0 spiro atoms. The fraction of sp³-hybridized carbons (Fsp3) is 0.400. The zero-order valence-corrected chi connectivity index (χ0v) is 14.0. The Bertz CT molecular complexity index is 721. The molecule has 0 unspecified atom stereocenters. The van der Waals surface area contributed by atoms with Crippen molar-refractivity contribution in [2.75, 3.05) is 13.1 Å². The summed E-state index contributed by atoms with van der Waals surface area (Å²) in [6.07, 6.45) is 15.0. The van der Waals surface area contributed by atoms with Gasteiger partial charge in [0.25, 0.3) is 0 Å². The molecule has 4 heteroatoms. The van der Waals surface area contributed by atoms with Crippen LogP contribution in [0, 0.1) is 0 Å². The van der Waals surface area contributed by atoms with E-state index in [4.69, 9.17) is 0 Å². The number of allylic oxidation sites excluding steroid dienone is 4. The monoisotopic (exact) mass is 320 g/mol. The summed E-state index contributed by atoms with van der Waals surface area (Å²) in [5, 5.41) is 0. The van der Waals surface area contributed by atoms with Crippen LogP contribution in [0.15, 0.2) is 48.8 Å². The normalized spacial score (nSPS) is 19.4. The molecule has 1 aliphatic carbocycles. The summed E-state index contributed by atoms with van der Waals surface area (Å²) in [7, 11) is 0. The van der Waals surface area contributed by atoms with E-state index < -0.39 is 0 Å². The first-order valence-electron chi connectivity index (χ1n) is 8.92. The van der Waals surface area contributed by atoms with Crippen LogP contribution in [0.5, 0.6) is 0 Å². The average molecular weight is 320 g/mol. The molecule has 2 aromatic rings. The van der Waals surface area contributed by atoms with Gasteiger partial charge in [-0.05, 0) is 56.5 Å². The fourth-order valence-electron chi connectivity index (χ4n) is 3.65. The van der Waals surface area contributed by atoms with Crippen molar-refractivity contribution in [3.05, 3.63) is 66.0 Å². The Kier molecular flexibility index (Phi) is 4.56. The molecule has 0 aromatic carbocycles. The smallest absolute Gasteiger partial charge is 0.133 e. The molecule has 4 rings (SSSR count). The SMILES string of the molecule is C1=CCCC(c2ncc(CN3CCC(c4ccccn4)CC3)[nH]2)=C1. The van der Waals surface area contributed by atoms with Crippen LogP contribution in [0.25, 0.3) is 5.57 Å². The van der Waals surface area contributed by atoms with Gasteiger partial charge in [-0.15, -0.1) is 0 Å². The maximum atomic E-state index is 4.57. The van der Waals surface area contributed by atoms with Crippen molar-refractivity contribution in [3.8, 4) is 0 Å². The maximum Gasteiger partial charge on any atom is 0.133 e. The van der Waals surface area contributed by atoms with Crippen molar-refractivity contribution < 1.29 is 0 Å². The predicted octanol–water partition coefficient (Wildman–Crippen LogP) is 3.92. The quantitative estimate of drug-likeness (QED) is 0.928. The van der Waals surface area contributed by atoms with Gasteiger partial charge in [-0.25, -0.2) is 4.98 Å². The van der Waals surface area contributed by atoms with Crippen LogP contribution < -0.4 is 0 Å². The Balaban J connectivity index is 1.33. The molecule has 0 amide bonds. The van der Waals surface area contributed by atoms with Crippen molar-refractivity contribution in [3.63, 3.8) is 0 Å². The second-order valence-electron chi connectivity index (χ2n) is 6.72. The predicted molar refractivity (Wildman–Crippen MR) is 96.4 cm³/mol. The van der Waals surface area contributed by atoms with E-state index >= 15 is 0 Å². The molecule has 2 aliphatic rings. The van der Waals surface area contributed by atoms with E-state index in [-0.39, 0.29) is 0 Å². The number of rotatable bonds is 4. The Morgan fingerprint density at radius 1 is 1.17 bits per heavy atom. The standard InChI is InChI=1S/C20H24N4/c1-2-6-17(7-3-1)20-22-14-18(23-20)15-24-12-9-16(10-13-24)19-8-4-5-11-21-19/h1-2,4-6,8,11,14,16H,3,7,9-10,12-13,15H2,(H,22,23). The molecule has 1 N–H and O–H groups in total. The highest BCUT2D eigenvalue weighted by Gasteiger charge is 2.21. The van der Waals surface area contributed by atoms with Crippen LogP contribution in [0.3, 0.4) is 0 Å². The lowest BCUT2D eigenvalue weighted by molar-refractivity contribution is 0.201. The van der Waals surface area contributed by atoms with Gasteiger partial charge in [0.1, 0.15) is 5.82 Å². The molecule has 0 atom stereocenters. The van der Waals surface area contributed by atoms with Gasteiger partial charge in [0.15, 0.2) is 0 Å². The molecule has 24 heavy (non-hydrogen) atoms. The van der Waals surface area contributed by atoms with Crippen molar-refractivity contribution in [2.45, 2.75) is 38.1 Å². The second kappa shape index (κ2) is 7.14. The number of likely N-dealkylation sites (tertiary alicyclic amines) is 1. The largest absolute Gasteiger partial charge is 0.341 e. The van der Waals surface area contributed by atoms with Gasteiger partial charge >= 0.3 is 0 Å². The van der Waals surface area contributed by atoms with Gasteiger partial charge in [-0.2, -0.15) is 0 Å². The number of hydrogen-bond donors (Lipinski definition) is 1. The summed E-state index contributed by atoms with van der Waals surface area (Å²) >= 11 is 0. The second-order valence-corrected chi connectivity index (χ2v) is 6.72. The summed E-state index contributed by atoms with van der Waals surface area (Å²) in [5.74, 6) is 1.65. The van der Waals surface area contributed by atoms with E-state index in [9.17, 15) is 0 Å². The van der Waals surface area contributed by atoms with Crippen molar-refractivity contribution in [2.24, 2.45) is 0 Å². The van der Waals surface area contributed by atoms with Crippen LogP contribution in [0.2, 0.25) is 0 Å². The van der Waals surface area contributed by atoms with E-state index in [2.05, 4.69) is 50.2 Å². The van der Waals surface area contributed by atoms with Crippen LogP contribution in [-0.2, 0) is 6.54 Å². The maximum absolute atomic E-state index is 4.57. The minimum atomic E-state index is 0.610. The van der Waals surface area contributed by atoms with E-state index in [0.29, 0.717) is 5.92 Å². The summed E-state index contributed by atoms with van der Waals surface area (Å²) in [6.45, 7) is 3.22. The molecule has 0 radical (unpaired) electrons. The van der Waals surface area contributed by atoms with E-state index in [1.54, 1.807) is 0 Å². The molecule has 1 saturated heterocycles. The third kappa shape index (κ3) is 3.49. The number of aromatic nitrogens is 3. The Hall–Kier alpha value is -2.20.